The zero-order chi connectivity index (χ0) is 5.11. The van der Waals surface area contributed by atoms with Crippen LogP contribution in [0.3, 0.4) is 0 Å². The fourth-order valence-electron chi connectivity index (χ4n) is 0.412. The van der Waals surface area contributed by atoms with Crippen LogP contribution in [0.2, 0.25) is 0 Å². The van der Waals surface area contributed by atoms with Crippen LogP contribution in [0.4, 0.5) is 0 Å². The highest BCUT2D eigenvalue weighted by Gasteiger charge is 2.01. The van der Waals surface area contributed by atoms with E-state index in [4.69, 9.17) is 0 Å². The van der Waals surface area contributed by atoms with Gasteiger partial charge >= 0.3 is 5.78 Å². The minimum Gasteiger partial charge on any atom is -0.462 e. The van der Waals surface area contributed by atoms with Crippen LogP contribution in [0.1, 0.15) is 0 Å². The van der Waals surface area contributed by atoms with Crippen LogP contribution in [0.5, 0.6) is 0 Å². The van der Waals surface area contributed by atoms with E-state index < -0.39 is 0 Å². The number of hydrogen-bond acceptors (Lipinski definition) is 1. The number of hydrogen-bond donors (Lipinski definition) is 0. The van der Waals surface area contributed by atoms with Crippen LogP contribution in [-0.4, -0.2) is 5.78 Å². The van der Waals surface area contributed by atoms with Crippen molar-refractivity contribution in [3.8, 4) is 0 Å². The zero-order valence-corrected chi connectivity index (χ0v) is 3.63. The van der Waals surface area contributed by atoms with Crippen molar-refractivity contribution in [1.29, 1.82) is 0 Å². The summed E-state index contributed by atoms with van der Waals surface area (Å²) in [6.45, 7) is 0. The summed E-state index contributed by atoms with van der Waals surface area (Å²) in [5.41, 5.74) is 0. The van der Waals surface area contributed by atoms with Crippen molar-refractivity contribution in [3.05, 3.63) is 24.3 Å². The highest BCUT2D eigenvalue weighted by Crippen LogP contribution is 1.90. The van der Waals surface area contributed by atoms with Crippen molar-refractivity contribution in [2.75, 3.05) is 0 Å². The van der Waals surface area contributed by atoms with E-state index in [0.717, 1.165) is 0 Å². The molecule has 0 heterocycles. The first-order valence-electron chi connectivity index (χ1n) is 1.95. The topological polar surface area (TPSA) is 34.4 Å². The highest BCUT2D eigenvalue weighted by molar-refractivity contribution is 6.02. The highest BCUT2D eigenvalue weighted by atomic mass is 17.1. The maximum absolute atomic E-state index is 9.49. The molecule has 1 aliphatic carbocycles. The molecule has 0 atom stereocenters. The van der Waals surface area contributed by atoms with Crippen LogP contribution in [0, 0.1) is 0 Å². The van der Waals surface area contributed by atoms with Gasteiger partial charge in [0.25, 0.3) is 0 Å². The van der Waals surface area contributed by atoms with Crippen LogP contribution in [0.25, 0.3) is 0 Å². The molecule has 0 N–H and O–H groups in total. The summed E-state index contributed by atoms with van der Waals surface area (Å²) in [6, 6.07) is 0. The lowest BCUT2D eigenvalue weighted by Gasteiger charge is -1.67. The number of ketones is 1. The average molecular weight is 96.1 g/mol. The minimum absolute atomic E-state index is 0.375. The smallest absolute Gasteiger partial charge is 0.376 e. The standard InChI is InChI=1S/C5H4O2/c6-7-5-3-1-2-4-5/h1-4H. The average Bonchev–Trinajstić information content (AvgIpc) is 2.14. The van der Waals surface area contributed by atoms with E-state index in [9.17, 15) is 5.26 Å². The van der Waals surface area contributed by atoms with Crippen molar-refractivity contribution in [2.24, 2.45) is 0 Å². The van der Waals surface area contributed by atoms with Gasteiger partial charge < -0.3 is 5.26 Å². The Hall–Kier alpha value is -1.05. The second-order valence-electron chi connectivity index (χ2n) is 1.20. The van der Waals surface area contributed by atoms with Crippen LogP contribution < -0.4 is 5.26 Å². The quantitative estimate of drug-likeness (QED) is 0.227. The van der Waals surface area contributed by atoms with Crippen LogP contribution >= 0.6 is 0 Å². The molecule has 0 aromatic rings. The van der Waals surface area contributed by atoms with E-state index >= 15 is 0 Å². The molecule has 0 amide bonds. The summed E-state index contributed by atoms with van der Waals surface area (Å²) in [5, 5.41) is 9.49. The van der Waals surface area contributed by atoms with E-state index in [2.05, 4.69) is 4.58 Å². The van der Waals surface area contributed by atoms with Gasteiger partial charge in [-0.2, -0.15) is 4.58 Å². The summed E-state index contributed by atoms with van der Waals surface area (Å²) in [5.74, 6) is 0.375. The molecule has 0 saturated heterocycles. The Labute approximate surface area is 41.0 Å². The fourth-order valence-corrected chi connectivity index (χ4v) is 0.412. The Balaban J connectivity index is 2.79. The van der Waals surface area contributed by atoms with Gasteiger partial charge in [-0.15, -0.1) is 0 Å². The lowest BCUT2D eigenvalue weighted by molar-refractivity contribution is -1.05. The van der Waals surface area contributed by atoms with Gasteiger partial charge in [0.15, 0.2) is 0 Å². The Morgan fingerprint density at radius 3 is 2.14 bits per heavy atom. The van der Waals surface area contributed by atoms with E-state index in [1.54, 1.807) is 24.3 Å². The molecule has 0 aliphatic heterocycles. The molecular formula is C5H4O2. The Kier molecular flexibility index (Phi) is 0.941. The predicted octanol–water partition coefficient (Wildman–Crippen LogP) is -0.508. The predicted molar refractivity (Wildman–Crippen MR) is 23.3 cm³/mol. The van der Waals surface area contributed by atoms with Crippen molar-refractivity contribution in [1.82, 2.24) is 0 Å². The van der Waals surface area contributed by atoms with E-state index in [-0.39, 0.29) is 0 Å². The van der Waals surface area contributed by atoms with Gasteiger partial charge in [-0.25, -0.2) is 0 Å². The molecule has 0 fully saturated rings. The van der Waals surface area contributed by atoms with E-state index in [0.29, 0.717) is 5.78 Å². The molecule has 0 aromatic carbocycles. The lowest BCUT2D eigenvalue weighted by atomic mass is 10.5. The molecule has 2 heteroatoms. The van der Waals surface area contributed by atoms with Crippen LogP contribution in [-0.2, 0) is 4.58 Å². The van der Waals surface area contributed by atoms with Gasteiger partial charge in [-0.3, -0.25) is 0 Å². The molecule has 0 radical (unpaired) electrons. The maximum atomic E-state index is 9.49. The first-order valence-corrected chi connectivity index (χ1v) is 1.95. The van der Waals surface area contributed by atoms with Crippen LogP contribution in [0.15, 0.2) is 24.3 Å². The fraction of sp³-hybridized carbons (Fsp3) is 0. The second-order valence-corrected chi connectivity index (χ2v) is 1.20. The van der Waals surface area contributed by atoms with Crippen molar-refractivity contribution < 1.29 is 9.83 Å². The SMILES string of the molecule is [O-][O+]=C1C=CC=C1. The van der Waals surface area contributed by atoms with Gasteiger partial charge in [0, 0.05) is 12.2 Å². The van der Waals surface area contributed by atoms with Gasteiger partial charge in [-0.05, 0) is 0 Å². The summed E-state index contributed by atoms with van der Waals surface area (Å²) in [7, 11) is 0. The molecule has 0 bridgehead atoms. The lowest BCUT2D eigenvalue weighted by Crippen LogP contribution is -2.02. The molecule has 7 heavy (non-hydrogen) atoms. The van der Waals surface area contributed by atoms with E-state index in [1.807, 2.05) is 0 Å². The third-order valence-corrected chi connectivity index (χ3v) is 0.728. The Bertz CT molecular complexity index is 128. The molecule has 0 unspecified atom stereocenters. The molecule has 36 valence electrons. The van der Waals surface area contributed by atoms with Gasteiger partial charge in [0.1, 0.15) is 0 Å². The molecule has 0 aromatic heterocycles. The number of rotatable bonds is 0. The first kappa shape index (κ1) is 4.12. The Morgan fingerprint density at radius 2 is 1.86 bits per heavy atom. The van der Waals surface area contributed by atoms with Crippen molar-refractivity contribution in [2.45, 2.75) is 0 Å². The molecule has 0 saturated carbocycles. The summed E-state index contributed by atoms with van der Waals surface area (Å²) < 4.78 is 3.60. The van der Waals surface area contributed by atoms with E-state index in [1.165, 1.54) is 0 Å². The summed E-state index contributed by atoms with van der Waals surface area (Å²) >= 11 is 0. The molecule has 1 aliphatic rings. The summed E-state index contributed by atoms with van der Waals surface area (Å²) in [4.78, 5) is 0. The monoisotopic (exact) mass is 96.0 g/mol. The maximum Gasteiger partial charge on any atom is 0.376 e. The number of carbonyl (C=O) groups excluding carboxylic acids is 1. The van der Waals surface area contributed by atoms with Gasteiger partial charge in [0.2, 0.25) is 0 Å². The van der Waals surface area contributed by atoms with Crippen molar-refractivity contribution >= 4 is 5.78 Å². The molecule has 2 nitrogen and oxygen atoms in total. The molecular weight excluding hydrogens is 92.1 g/mol. The van der Waals surface area contributed by atoms with Gasteiger partial charge in [0.05, 0.1) is 0 Å². The number of allylic oxidation sites excluding steroid dienone is 4. The normalized spacial score (nSPS) is 15.7. The third kappa shape index (κ3) is 0.682. The first-order chi connectivity index (χ1) is 3.43. The Morgan fingerprint density at radius 1 is 1.29 bits per heavy atom. The molecule has 0 spiro atoms. The zero-order valence-electron chi connectivity index (χ0n) is 3.63. The summed E-state index contributed by atoms with van der Waals surface area (Å²) in [6.07, 6.45) is 6.69. The van der Waals surface area contributed by atoms with Crippen molar-refractivity contribution in [3.63, 3.8) is 0 Å². The third-order valence-electron chi connectivity index (χ3n) is 0.728. The molecule has 1 rings (SSSR count). The minimum atomic E-state index is 0.375. The largest absolute Gasteiger partial charge is 0.462 e. The second kappa shape index (κ2) is 1.60. The van der Waals surface area contributed by atoms with Gasteiger partial charge in [-0.1, -0.05) is 12.2 Å².